The van der Waals surface area contributed by atoms with Gasteiger partial charge in [0.1, 0.15) is 5.70 Å². The van der Waals surface area contributed by atoms with E-state index >= 15 is 0 Å². The molecule has 14 heavy (non-hydrogen) atoms. The van der Waals surface area contributed by atoms with Gasteiger partial charge in [-0.05, 0) is 0 Å². The van der Waals surface area contributed by atoms with Crippen molar-refractivity contribution in [3.05, 3.63) is 10.6 Å². The normalized spacial score (nSPS) is 25.1. The van der Waals surface area contributed by atoms with E-state index in [0.29, 0.717) is 11.3 Å². The van der Waals surface area contributed by atoms with Crippen LogP contribution in [0.15, 0.2) is 10.6 Å². The van der Waals surface area contributed by atoms with Crippen LogP contribution < -0.4 is 11.3 Å². The zero-order valence-electron chi connectivity index (χ0n) is 7.19. The van der Waals surface area contributed by atoms with Gasteiger partial charge in [-0.3, -0.25) is 21.0 Å². The first-order valence-electron chi connectivity index (χ1n) is 4.03. The molecular weight excluding hydrogens is 206 g/mol. The Hall–Kier alpha value is -1.05. The molecule has 0 spiro atoms. The molecule has 7 heteroatoms. The number of thioether (sulfide) groups is 1. The van der Waals surface area contributed by atoms with E-state index in [-0.39, 0.29) is 23.5 Å². The van der Waals surface area contributed by atoms with Crippen LogP contribution in [0.3, 0.4) is 0 Å². The van der Waals surface area contributed by atoms with Crippen LogP contribution in [0.2, 0.25) is 0 Å². The minimum absolute atomic E-state index is 0.0306. The van der Waals surface area contributed by atoms with Gasteiger partial charge in [0.25, 0.3) is 0 Å². The summed E-state index contributed by atoms with van der Waals surface area (Å²) in [6.07, 6.45) is 0.412. The number of nitrogens with zero attached hydrogens (tertiary/aromatic N) is 1. The molecule has 4 N–H and O–H groups in total. The van der Waals surface area contributed by atoms with Crippen LogP contribution in [0.4, 0.5) is 0 Å². The number of carboxylic acids is 1. The van der Waals surface area contributed by atoms with Crippen LogP contribution in [-0.2, 0) is 9.59 Å². The molecule has 0 aromatic carbocycles. The number of carbonyl (C=O) groups is 2. The average molecular weight is 215 g/mol. The van der Waals surface area contributed by atoms with Crippen molar-refractivity contribution in [2.24, 2.45) is 5.84 Å². The highest BCUT2D eigenvalue weighted by molar-refractivity contribution is 8.04. The van der Waals surface area contributed by atoms with Crippen molar-refractivity contribution in [2.75, 3.05) is 6.54 Å². The Kier molecular flexibility index (Phi) is 2.22. The van der Waals surface area contributed by atoms with E-state index in [1.54, 1.807) is 0 Å². The SMILES string of the molecule is NNCC1=C(C(=O)O)N2C(=O)C[C@H]2S1. The molecule has 2 aliphatic heterocycles. The first-order valence-corrected chi connectivity index (χ1v) is 4.91. The maximum atomic E-state index is 11.1. The number of rotatable bonds is 3. The van der Waals surface area contributed by atoms with Gasteiger partial charge in [0.05, 0.1) is 11.8 Å². The standard InChI is InChI=1S/C7H9N3O3S/c8-9-2-3-6(7(12)13)10-4(11)1-5(10)14-3/h5,9H,1-2,8H2,(H,12,13)/t5-/m1/s1. The summed E-state index contributed by atoms with van der Waals surface area (Å²) in [5.41, 5.74) is 2.48. The molecule has 0 bridgehead atoms. The molecule has 1 amide bonds. The van der Waals surface area contributed by atoms with E-state index in [0.717, 1.165) is 0 Å². The molecule has 1 fully saturated rings. The molecule has 0 aromatic rings. The van der Waals surface area contributed by atoms with Gasteiger partial charge in [0.2, 0.25) is 5.91 Å². The predicted octanol–water partition coefficient (Wildman–Crippen LogP) is -0.949. The molecule has 2 aliphatic rings. The van der Waals surface area contributed by atoms with Crippen LogP contribution >= 0.6 is 11.8 Å². The third kappa shape index (κ3) is 1.21. The zero-order valence-corrected chi connectivity index (χ0v) is 8.00. The van der Waals surface area contributed by atoms with Crippen molar-refractivity contribution in [3.63, 3.8) is 0 Å². The minimum atomic E-state index is -1.07. The first-order chi connectivity index (χ1) is 6.65. The van der Waals surface area contributed by atoms with Gasteiger partial charge < -0.3 is 5.11 Å². The smallest absolute Gasteiger partial charge is 0.353 e. The Morgan fingerprint density at radius 1 is 1.79 bits per heavy atom. The number of hydrogen-bond acceptors (Lipinski definition) is 5. The van der Waals surface area contributed by atoms with E-state index in [1.807, 2.05) is 0 Å². The van der Waals surface area contributed by atoms with Gasteiger partial charge in [-0.1, -0.05) is 0 Å². The Labute approximate surface area is 84.1 Å². The van der Waals surface area contributed by atoms with Crippen LogP contribution in [0.25, 0.3) is 0 Å². The van der Waals surface area contributed by atoms with Gasteiger partial charge in [0.15, 0.2) is 0 Å². The summed E-state index contributed by atoms with van der Waals surface area (Å²) in [5.74, 6) is 3.92. The fraction of sp³-hybridized carbons (Fsp3) is 0.429. The molecular formula is C7H9N3O3S. The Balaban J connectivity index is 2.28. The second kappa shape index (κ2) is 3.26. The Morgan fingerprint density at radius 3 is 3.00 bits per heavy atom. The molecule has 6 nitrogen and oxygen atoms in total. The quantitative estimate of drug-likeness (QED) is 0.319. The largest absolute Gasteiger partial charge is 0.477 e. The zero-order chi connectivity index (χ0) is 10.3. The van der Waals surface area contributed by atoms with Crippen molar-refractivity contribution in [1.82, 2.24) is 10.3 Å². The van der Waals surface area contributed by atoms with Gasteiger partial charge in [-0.25, -0.2) is 4.79 Å². The number of hydrazine groups is 1. The van der Waals surface area contributed by atoms with Crippen LogP contribution in [0.5, 0.6) is 0 Å². The molecule has 0 unspecified atom stereocenters. The summed E-state index contributed by atoms with van der Waals surface area (Å²) in [5, 5.41) is 8.89. The minimum Gasteiger partial charge on any atom is -0.477 e. The molecule has 0 aromatic heterocycles. The second-order valence-electron chi connectivity index (χ2n) is 3.00. The van der Waals surface area contributed by atoms with Crippen LogP contribution in [0.1, 0.15) is 6.42 Å². The number of β-lactam (4-membered cyclic amide) rings is 1. The number of nitrogens with two attached hydrogens (primary N) is 1. The van der Waals surface area contributed by atoms with E-state index in [4.69, 9.17) is 10.9 Å². The van der Waals surface area contributed by atoms with Crippen molar-refractivity contribution < 1.29 is 14.7 Å². The average Bonchev–Trinajstić information content (AvgIpc) is 2.39. The highest BCUT2D eigenvalue weighted by Gasteiger charge is 2.47. The van der Waals surface area contributed by atoms with Crippen molar-refractivity contribution in [3.8, 4) is 0 Å². The predicted molar refractivity (Wildman–Crippen MR) is 49.7 cm³/mol. The summed E-state index contributed by atoms with van der Waals surface area (Å²) in [6, 6.07) is 0. The summed E-state index contributed by atoms with van der Waals surface area (Å²) < 4.78 is 0. The maximum absolute atomic E-state index is 11.1. The topological polar surface area (TPSA) is 95.7 Å². The Morgan fingerprint density at radius 2 is 2.50 bits per heavy atom. The van der Waals surface area contributed by atoms with Gasteiger partial charge in [-0.15, -0.1) is 11.8 Å². The lowest BCUT2D eigenvalue weighted by Crippen LogP contribution is -2.48. The number of amides is 1. The van der Waals surface area contributed by atoms with Gasteiger partial charge in [-0.2, -0.15) is 0 Å². The summed E-state index contributed by atoms with van der Waals surface area (Å²) in [4.78, 5) is 24.0. The lowest BCUT2D eigenvalue weighted by atomic mass is 10.1. The maximum Gasteiger partial charge on any atom is 0.353 e. The molecule has 0 saturated carbocycles. The number of carboxylic acid groups (broad SMARTS) is 1. The molecule has 2 rings (SSSR count). The summed E-state index contributed by atoms with van der Waals surface area (Å²) >= 11 is 1.39. The third-order valence-electron chi connectivity index (χ3n) is 2.15. The molecule has 2 heterocycles. The molecule has 1 atom stereocenters. The third-order valence-corrected chi connectivity index (χ3v) is 3.43. The number of fused-ring (bicyclic) bond motifs is 1. The molecule has 0 aliphatic carbocycles. The van der Waals surface area contributed by atoms with E-state index in [9.17, 15) is 9.59 Å². The first kappa shape index (κ1) is 9.50. The monoisotopic (exact) mass is 215 g/mol. The fourth-order valence-electron chi connectivity index (χ4n) is 1.55. The van der Waals surface area contributed by atoms with E-state index < -0.39 is 5.97 Å². The van der Waals surface area contributed by atoms with Crippen LogP contribution in [0, 0.1) is 0 Å². The number of aliphatic carboxylic acids is 1. The molecule has 0 radical (unpaired) electrons. The highest BCUT2D eigenvalue weighted by atomic mass is 32.2. The highest BCUT2D eigenvalue weighted by Crippen LogP contribution is 2.45. The summed E-state index contributed by atoms with van der Waals surface area (Å²) in [7, 11) is 0. The van der Waals surface area contributed by atoms with Crippen LogP contribution in [-0.4, -0.2) is 33.8 Å². The van der Waals surface area contributed by atoms with Gasteiger partial charge in [0, 0.05) is 11.4 Å². The molecule has 1 saturated heterocycles. The second-order valence-corrected chi connectivity index (χ2v) is 4.27. The lowest BCUT2D eigenvalue weighted by molar-refractivity contribution is -0.145. The lowest BCUT2D eigenvalue weighted by Gasteiger charge is -2.33. The number of carbonyl (C=O) groups excluding carboxylic acids is 1. The van der Waals surface area contributed by atoms with E-state index in [1.165, 1.54) is 16.7 Å². The molecule has 76 valence electrons. The van der Waals surface area contributed by atoms with Crippen molar-refractivity contribution >= 4 is 23.6 Å². The number of nitrogens with one attached hydrogen (secondary N) is 1. The van der Waals surface area contributed by atoms with E-state index in [2.05, 4.69) is 5.43 Å². The number of hydrogen-bond donors (Lipinski definition) is 3. The Bertz CT molecular complexity index is 341. The van der Waals surface area contributed by atoms with Crippen molar-refractivity contribution in [1.29, 1.82) is 0 Å². The summed E-state index contributed by atoms with van der Waals surface area (Å²) in [6.45, 7) is 0.284. The van der Waals surface area contributed by atoms with Gasteiger partial charge >= 0.3 is 5.97 Å². The fourth-order valence-corrected chi connectivity index (χ4v) is 2.89. The van der Waals surface area contributed by atoms with Crippen molar-refractivity contribution in [2.45, 2.75) is 11.8 Å².